The second kappa shape index (κ2) is 7.91. The van der Waals surface area contributed by atoms with Gasteiger partial charge in [-0.3, -0.25) is 4.79 Å². The maximum Gasteiger partial charge on any atom is 0.251 e. The van der Waals surface area contributed by atoms with Crippen LogP contribution in [0.3, 0.4) is 0 Å². The lowest BCUT2D eigenvalue weighted by molar-refractivity contribution is -0.143. The highest BCUT2D eigenvalue weighted by atomic mass is 32.2. The summed E-state index contributed by atoms with van der Waals surface area (Å²) in [5.74, 6) is 0.0109. The zero-order chi connectivity index (χ0) is 18.7. The summed E-state index contributed by atoms with van der Waals surface area (Å²) >= 11 is 0. The van der Waals surface area contributed by atoms with E-state index in [1.54, 1.807) is 23.1 Å². The van der Waals surface area contributed by atoms with Crippen molar-refractivity contribution in [2.45, 2.75) is 29.9 Å². The van der Waals surface area contributed by atoms with Crippen molar-refractivity contribution in [2.24, 2.45) is 5.73 Å². The molecular formula is C17H26N4O4S. The lowest BCUT2D eigenvalue weighted by Gasteiger charge is -2.37. The van der Waals surface area contributed by atoms with Crippen molar-refractivity contribution in [2.75, 3.05) is 44.7 Å². The van der Waals surface area contributed by atoms with Gasteiger partial charge in [-0.15, -0.1) is 0 Å². The van der Waals surface area contributed by atoms with Crippen LogP contribution in [0.1, 0.15) is 12.8 Å². The number of ether oxygens (including phenoxy) is 1. The van der Waals surface area contributed by atoms with Gasteiger partial charge in [0.1, 0.15) is 11.0 Å². The lowest BCUT2D eigenvalue weighted by atomic mass is 10.1. The van der Waals surface area contributed by atoms with Crippen molar-refractivity contribution in [3.63, 3.8) is 0 Å². The van der Waals surface area contributed by atoms with Crippen LogP contribution in [-0.4, -0.2) is 71.2 Å². The lowest BCUT2D eigenvalue weighted by Crippen LogP contribution is -2.51. The molecule has 3 N–H and O–H groups in total. The second-order valence-electron chi connectivity index (χ2n) is 6.55. The van der Waals surface area contributed by atoms with Gasteiger partial charge in [0, 0.05) is 32.7 Å². The molecule has 2 atom stereocenters. The van der Waals surface area contributed by atoms with Crippen LogP contribution in [0.2, 0.25) is 0 Å². The molecule has 0 radical (unpaired) electrons. The predicted octanol–water partition coefficient (Wildman–Crippen LogP) is -0.250. The first-order chi connectivity index (χ1) is 12.5. The molecule has 0 unspecified atom stereocenters. The predicted molar refractivity (Wildman–Crippen MR) is 98.4 cm³/mol. The number of amides is 1. The second-order valence-corrected chi connectivity index (χ2v) is 8.40. The molecular weight excluding hydrogens is 356 g/mol. The topological polar surface area (TPSA) is 105 Å². The minimum Gasteiger partial charge on any atom is -0.367 e. The minimum absolute atomic E-state index is 0.0109. The summed E-state index contributed by atoms with van der Waals surface area (Å²) in [6, 6.07) is 6.92. The minimum atomic E-state index is -3.53. The van der Waals surface area contributed by atoms with Gasteiger partial charge in [0.2, 0.25) is 10.0 Å². The highest BCUT2D eigenvalue weighted by molar-refractivity contribution is 7.89. The molecule has 0 saturated carbocycles. The summed E-state index contributed by atoms with van der Waals surface area (Å²) in [4.78, 5) is 16.7. The molecule has 1 amide bonds. The molecule has 8 nitrogen and oxygen atoms in total. The maximum absolute atomic E-state index is 12.6. The molecule has 0 aromatic heterocycles. The molecule has 26 heavy (non-hydrogen) atoms. The number of anilines is 1. The van der Waals surface area contributed by atoms with Gasteiger partial charge in [-0.2, -0.15) is 0 Å². The number of nitrogens with zero attached hydrogens (tertiary/aromatic N) is 2. The monoisotopic (exact) mass is 382 g/mol. The molecule has 0 spiro atoms. The average molecular weight is 382 g/mol. The largest absolute Gasteiger partial charge is 0.367 e. The molecule has 3 rings (SSSR count). The van der Waals surface area contributed by atoms with Crippen LogP contribution < -0.4 is 15.4 Å². The van der Waals surface area contributed by atoms with Crippen LogP contribution in [0.5, 0.6) is 0 Å². The van der Waals surface area contributed by atoms with Crippen LogP contribution in [0.25, 0.3) is 0 Å². The molecule has 9 heteroatoms. The summed E-state index contributed by atoms with van der Waals surface area (Å²) in [7, 11) is -2.13. The van der Waals surface area contributed by atoms with E-state index in [1.807, 2.05) is 11.0 Å². The van der Waals surface area contributed by atoms with Crippen molar-refractivity contribution >= 4 is 21.6 Å². The third-order valence-corrected chi connectivity index (χ3v) is 6.46. The molecule has 0 bridgehead atoms. The van der Waals surface area contributed by atoms with Crippen molar-refractivity contribution in [3.8, 4) is 0 Å². The molecule has 2 fully saturated rings. The van der Waals surface area contributed by atoms with Crippen LogP contribution in [-0.2, 0) is 19.6 Å². The standard InChI is InChI=1S/C17H26N4O4S/c1-19-26(23,24)16-5-3-2-4-14(16)20-8-10-21(11-9-20)17(22)15-7-6-13(12-18)25-15/h2-5,13,15,19H,6-12,18H2,1H3/t13-,15+/m1/s1. The number of carbonyl (C=O) groups is 1. The molecule has 1 aromatic rings. The van der Waals surface area contributed by atoms with Gasteiger partial charge < -0.3 is 20.3 Å². The van der Waals surface area contributed by atoms with Crippen molar-refractivity contribution in [3.05, 3.63) is 24.3 Å². The fourth-order valence-corrected chi connectivity index (χ4v) is 4.44. The highest BCUT2D eigenvalue weighted by Gasteiger charge is 2.34. The number of benzene rings is 1. The first-order valence-corrected chi connectivity index (χ1v) is 10.4. The van der Waals surface area contributed by atoms with Crippen LogP contribution in [0.4, 0.5) is 5.69 Å². The molecule has 2 saturated heterocycles. The number of rotatable bonds is 5. The summed E-state index contributed by atoms with van der Waals surface area (Å²) in [6.45, 7) is 2.68. The third kappa shape index (κ3) is 3.85. The fourth-order valence-electron chi connectivity index (χ4n) is 3.49. The van der Waals surface area contributed by atoms with E-state index < -0.39 is 16.1 Å². The van der Waals surface area contributed by atoms with Crippen molar-refractivity contribution < 1.29 is 17.9 Å². The zero-order valence-electron chi connectivity index (χ0n) is 14.9. The van der Waals surface area contributed by atoms with Crippen molar-refractivity contribution in [1.29, 1.82) is 0 Å². The number of hydrogen-bond acceptors (Lipinski definition) is 6. The summed E-state index contributed by atoms with van der Waals surface area (Å²) in [5, 5.41) is 0. The molecule has 0 aliphatic carbocycles. The Bertz CT molecular complexity index is 747. The number of para-hydroxylation sites is 1. The Hall–Kier alpha value is -1.68. The number of nitrogens with one attached hydrogen (secondary N) is 1. The Morgan fingerprint density at radius 3 is 2.54 bits per heavy atom. The molecule has 1 aromatic carbocycles. The molecule has 2 aliphatic rings. The number of nitrogens with two attached hydrogens (primary N) is 1. The molecule has 144 valence electrons. The van der Waals surface area contributed by atoms with E-state index in [-0.39, 0.29) is 16.9 Å². The number of sulfonamides is 1. The van der Waals surface area contributed by atoms with Gasteiger partial charge in [0.05, 0.1) is 11.8 Å². The zero-order valence-corrected chi connectivity index (χ0v) is 15.7. The van der Waals surface area contributed by atoms with Crippen LogP contribution in [0, 0.1) is 0 Å². The van der Waals surface area contributed by atoms with Gasteiger partial charge in [-0.25, -0.2) is 13.1 Å². The van der Waals surface area contributed by atoms with Crippen molar-refractivity contribution in [1.82, 2.24) is 9.62 Å². The van der Waals surface area contributed by atoms with E-state index >= 15 is 0 Å². The van der Waals surface area contributed by atoms with E-state index in [0.717, 1.165) is 6.42 Å². The van der Waals surface area contributed by atoms with Gasteiger partial charge >= 0.3 is 0 Å². The number of carbonyl (C=O) groups excluding carboxylic acids is 1. The third-order valence-electron chi connectivity index (χ3n) is 5.00. The molecule has 2 aliphatic heterocycles. The van der Waals surface area contributed by atoms with Gasteiger partial charge in [0.15, 0.2) is 0 Å². The molecule has 2 heterocycles. The quantitative estimate of drug-likeness (QED) is 0.728. The van der Waals surface area contributed by atoms with Gasteiger partial charge in [-0.05, 0) is 32.0 Å². The SMILES string of the molecule is CNS(=O)(=O)c1ccccc1N1CCN(C(=O)[C@@H]2CC[C@H](CN)O2)CC1. The average Bonchev–Trinajstić information content (AvgIpc) is 3.17. The Kier molecular flexibility index (Phi) is 5.81. The highest BCUT2D eigenvalue weighted by Crippen LogP contribution is 2.27. The van der Waals surface area contributed by atoms with Crippen LogP contribution in [0.15, 0.2) is 29.2 Å². The Morgan fingerprint density at radius 1 is 1.23 bits per heavy atom. The number of piperazine rings is 1. The summed E-state index contributed by atoms with van der Waals surface area (Å²) in [6.07, 6.45) is 1.11. The maximum atomic E-state index is 12.6. The summed E-state index contributed by atoms with van der Waals surface area (Å²) < 4.78 is 32.5. The first kappa shape index (κ1) is 19.1. The van der Waals surface area contributed by atoms with Crippen LogP contribution >= 0.6 is 0 Å². The first-order valence-electron chi connectivity index (χ1n) is 8.88. The van der Waals surface area contributed by atoms with E-state index in [0.29, 0.717) is 44.8 Å². The van der Waals surface area contributed by atoms with E-state index in [9.17, 15) is 13.2 Å². The van der Waals surface area contributed by atoms with Gasteiger partial charge in [-0.1, -0.05) is 12.1 Å². The smallest absolute Gasteiger partial charge is 0.251 e. The Morgan fingerprint density at radius 2 is 1.92 bits per heavy atom. The Balaban J connectivity index is 1.65. The summed E-state index contributed by atoms with van der Waals surface area (Å²) in [5.41, 5.74) is 6.27. The fraction of sp³-hybridized carbons (Fsp3) is 0.588. The van der Waals surface area contributed by atoms with Gasteiger partial charge in [0.25, 0.3) is 5.91 Å². The number of hydrogen-bond donors (Lipinski definition) is 2. The van der Waals surface area contributed by atoms with E-state index in [2.05, 4.69) is 4.72 Å². The Labute approximate surface area is 154 Å². The normalized spacial score (nSPS) is 24.1. The van der Waals surface area contributed by atoms with E-state index in [4.69, 9.17) is 10.5 Å². The van der Waals surface area contributed by atoms with E-state index in [1.165, 1.54) is 7.05 Å².